The monoisotopic (exact) mass is 288 g/mol. The molecule has 110 valence electrons. The molecule has 1 atom stereocenters. The van der Waals surface area contributed by atoms with Gasteiger partial charge in [0.2, 0.25) is 5.91 Å². The highest BCUT2D eigenvalue weighted by molar-refractivity contribution is 6.21. The Morgan fingerprint density at radius 1 is 1.24 bits per heavy atom. The lowest BCUT2D eigenvalue weighted by molar-refractivity contribution is -0.135. The molecule has 1 fully saturated rings. The summed E-state index contributed by atoms with van der Waals surface area (Å²) in [5, 5.41) is 0. The van der Waals surface area contributed by atoms with Gasteiger partial charge in [0.25, 0.3) is 11.8 Å². The van der Waals surface area contributed by atoms with Crippen LogP contribution in [-0.4, -0.2) is 53.4 Å². The third kappa shape index (κ3) is 2.31. The average molecular weight is 288 g/mol. The Hall–Kier alpha value is -2.21. The smallest absolute Gasteiger partial charge is 0.261 e. The number of nitrogens with zero attached hydrogens (tertiary/aromatic N) is 2. The van der Waals surface area contributed by atoms with Crippen molar-refractivity contribution in [2.75, 3.05) is 19.7 Å². The van der Waals surface area contributed by atoms with Crippen LogP contribution in [0.3, 0.4) is 0 Å². The number of imide groups is 1. The van der Waals surface area contributed by atoms with Crippen LogP contribution in [0.15, 0.2) is 24.3 Å². The van der Waals surface area contributed by atoms with E-state index in [1.54, 1.807) is 29.2 Å². The topological polar surface area (TPSA) is 66.9 Å². The van der Waals surface area contributed by atoms with Crippen molar-refractivity contribution in [2.45, 2.75) is 19.6 Å². The second kappa shape index (κ2) is 5.29. The van der Waals surface area contributed by atoms with Gasteiger partial charge in [-0.1, -0.05) is 12.1 Å². The molecule has 1 aromatic rings. The molecule has 6 nitrogen and oxygen atoms in total. The third-order valence-electron chi connectivity index (χ3n) is 3.88. The predicted molar refractivity (Wildman–Crippen MR) is 73.6 cm³/mol. The molecule has 0 spiro atoms. The lowest BCUT2D eigenvalue weighted by Gasteiger charge is -2.21. The zero-order valence-electron chi connectivity index (χ0n) is 11.7. The number of hydrogen-bond donors (Lipinski definition) is 0. The second-order valence-electron chi connectivity index (χ2n) is 5.11. The van der Waals surface area contributed by atoms with Gasteiger partial charge in [-0.25, -0.2) is 0 Å². The summed E-state index contributed by atoms with van der Waals surface area (Å²) in [4.78, 5) is 39.2. The normalized spacial score (nSPS) is 21.1. The summed E-state index contributed by atoms with van der Waals surface area (Å²) >= 11 is 0. The lowest BCUT2D eigenvalue weighted by atomic mass is 10.1. The van der Waals surface area contributed by atoms with Crippen molar-refractivity contribution < 1.29 is 19.1 Å². The molecule has 3 amide bonds. The highest BCUT2D eigenvalue weighted by atomic mass is 16.5. The molecule has 2 aliphatic heterocycles. The van der Waals surface area contributed by atoms with Crippen molar-refractivity contribution in [3.63, 3.8) is 0 Å². The first kappa shape index (κ1) is 13.8. The van der Waals surface area contributed by atoms with E-state index in [1.807, 2.05) is 6.92 Å². The molecule has 2 aliphatic rings. The molecule has 2 heterocycles. The van der Waals surface area contributed by atoms with Crippen molar-refractivity contribution in [1.82, 2.24) is 9.80 Å². The predicted octanol–water partition coefficient (Wildman–Crippen LogP) is 0.877. The van der Waals surface area contributed by atoms with E-state index in [0.29, 0.717) is 24.3 Å². The first-order valence-corrected chi connectivity index (χ1v) is 6.96. The van der Waals surface area contributed by atoms with Gasteiger partial charge >= 0.3 is 0 Å². The Morgan fingerprint density at radius 3 is 2.38 bits per heavy atom. The van der Waals surface area contributed by atoms with E-state index in [-0.39, 0.29) is 36.9 Å². The average Bonchev–Trinajstić information content (AvgIpc) is 3.01. The van der Waals surface area contributed by atoms with Crippen molar-refractivity contribution in [3.05, 3.63) is 35.4 Å². The van der Waals surface area contributed by atoms with Gasteiger partial charge in [-0.15, -0.1) is 0 Å². The van der Waals surface area contributed by atoms with E-state index >= 15 is 0 Å². The molecule has 0 bridgehead atoms. The number of ether oxygens (including phenoxy) is 1. The zero-order valence-corrected chi connectivity index (χ0v) is 11.7. The summed E-state index contributed by atoms with van der Waals surface area (Å²) < 4.78 is 5.31. The summed E-state index contributed by atoms with van der Waals surface area (Å²) in [6, 6.07) is 6.71. The maximum Gasteiger partial charge on any atom is 0.261 e. The summed E-state index contributed by atoms with van der Waals surface area (Å²) in [6.45, 7) is 3.00. The lowest BCUT2D eigenvalue weighted by Crippen LogP contribution is -2.38. The van der Waals surface area contributed by atoms with E-state index in [1.165, 1.54) is 0 Å². The number of carbonyl (C=O) groups excluding carboxylic acids is 3. The Balaban J connectivity index is 1.66. The van der Waals surface area contributed by atoms with Gasteiger partial charge in [0, 0.05) is 19.5 Å². The summed E-state index contributed by atoms with van der Waals surface area (Å²) in [7, 11) is 0. The van der Waals surface area contributed by atoms with Crippen molar-refractivity contribution >= 4 is 17.7 Å². The van der Waals surface area contributed by atoms with Crippen LogP contribution in [0.4, 0.5) is 0 Å². The second-order valence-corrected chi connectivity index (χ2v) is 5.11. The first-order chi connectivity index (χ1) is 10.1. The van der Waals surface area contributed by atoms with Gasteiger partial charge in [-0.05, 0) is 19.1 Å². The van der Waals surface area contributed by atoms with Gasteiger partial charge in [0.1, 0.15) is 6.23 Å². The molecule has 0 aliphatic carbocycles. The molecule has 0 radical (unpaired) electrons. The number of benzene rings is 1. The number of rotatable bonds is 3. The van der Waals surface area contributed by atoms with E-state index < -0.39 is 0 Å². The van der Waals surface area contributed by atoms with E-state index in [0.717, 1.165) is 4.90 Å². The van der Waals surface area contributed by atoms with Crippen LogP contribution < -0.4 is 0 Å². The molecule has 0 aromatic heterocycles. The number of fused-ring (bicyclic) bond motifs is 1. The maximum absolute atomic E-state index is 12.2. The summed E-state index contributed by atoms with van der Waals surface area (Å²) in [5.41, 5.74) is 0.820. The minimum absolute atomic E-state index is 0.100. The van der Waals surface area contributed by atoms with Crippen molar-refractivity contribution in [1.29, 1.82) is 0 Å². The molecule has 1 unspecified atom stereocenters. The maximum atomic E-state index is 12.2. The van der Waals surface area contributed by atoms with Gasteiger partial charge in [0.05, 0.1) is 17.7 Å². The molecule has 1 aromatic carbocycles. The van der Waals surface area contributed by atoms with E-state index in [4.69, 9.17) is 4.74 Å². The van der Waals surface area contributed by atoms with Crippen molar-refractivity contribution in [2.24, 2.45) is 0 Å². The molecule has 6 heteroatoms. The molecule has 1 saturated heterocycles. The molecule has 0 saturated carbocycles. The van der Waals surface area contributed by atoms with Gasteiger partial charge in [-0.3, -0.25) is 19.3 Å². The van der Waals surface area contributed by atoms with Crippen LogP contribution in [-0.2, 0) is 9.53 Å². The summed E-state index contributed by atoms with van der Waals surface area (Å²) in [6.07, 6.45) is -0.112. The van der Waals surface area contributed by atoms with Crippen LogP contribution >= 0.6 is 0 Å². The largest absolute Gasteiger partial charge is 0.357 e. The SMILES string of the molecule is CC1OCCN1C(=O)CCN1C(=O)c2ccccc2C1=O. The van der Waals surface area contributed by atoms with Gasteiger partial charge in [-0.2, -0.15) is 0 Å². The van der Waals surface area contributed by atoms with Crippen molar-refractivity contribution in [3.8, 4) is 0 Å². The van der Waals surface area contributed by atoms with E-state index in [9.17, 15) is 14.4 Å². The zero-order chi connectivity index (χ0) is 15.0. The molecular formula is C15H16N2O4. The fourth-order valence-electron chi connectivity index (χ4n) is 2.71. The van der Waals surface area contributed by atoms with Crippen LogP contribution in [0, 0.1) is 0 Å². The number of carbonyl (C=O) groups is 3. The van der Waals surface area contributed by atoms with Crippen LogP contribution in [0.1, 0.15) is 34.1 Å². The van der Waals surface area contributed by atoms with E-state index in [2.05, 4.69) is 0 Å². The Kier molecular flexibility index (Phi) is 3.47. The molecular weight excluding hydrogens is 272 g/mol. The standard InChI is InChI=1S/C15H16N2O4/c1-10-16(8-9-21-10)13(18)6-7-17-14(19)11-4-2-3-5-12(11)15(17)20/h2-5,10H,6-9H2,1H3. The first-order valence-electron chi connectivity index (χ1n) is 6.96. The Labute approximate surface area is 122 Å². The van der Waals surface area contributed by atoms with Crippen LogP contribution in [0.25, 0.3) is 0 Å². The molecule has 0 N–H and O–H groups in total. The Morgan fingerprint density at radius 2 is 1.86 bits per heavy atom. The van der Waals surface area contributed by atoms with Crippen LogP contribution in [0.5, 0.6) is 0 Å². The fourth-order valence-corrected chi connectivity index (χ4v) is 2.71. The van der Waals surface area contributed by atoms with Gasteiger partial charge in [0.15, 0.2) is 0 Å². The minimum atomic E-state index is -0.325. The number of amides is 3. The minimum Gasteiger partial charge on any atom is -0.357 e. The van der Waals surface area contributed by atoms with Crippen LogP contribution in [0.2, 0.25) is 0 Å². The fraction of sp³-hybridized carbons (Fsp3) is 0.400. The third-order valence-corrected chi connectivity index (χ3v) is 3.88. The Bertz CT molecular complexity index is 578. The van der Waals surface area contributed by atoms with Gasteiger partial charge < -0.3 is 9.64 Å². The number of hydrogen-bond acceptors (Lipinski definition) is 4. The summed E-state index contributed by atoms with van der Waals surface area (Å²) in [5.74, 6) is -0.750. The quantitative estimate of drug-likeness (QED) is 0.774. The molecule has 3 rings (SSSR count). The highest BCUT2D eigenvalue weighted by Gasteiger charge is 2.35. The molecule has 21 heavy (non-hydrogen) atoms. The highest BCUT2D eigenvalue weighted by Crippen LogP contribution is 2.22.